The molecular weight excluding hydrogens is 466 g/mol. The molecule has 186 valence electrons. The Morgan fingerprint density at radius 3 is 2.40 bits per heavy atom. The average Bonchev–Trinajstić information content (AvgIpc) is 3.25. The number of anilines is 2. The van der Waals surface area contributed by atoms with Crippen molar-refractivity contribution in [3.8, 4) is 5.75 Å². The van der Waals surface area contributed by atoms with Crippen LogP contribution in [0.1, 0.15) is 28.4 Å². The molecule has 1 aliphatic heterocycles. The molecule has 0 spiro atoms. The van der Waals surface area contributed by atoms with E-state index in [1.807, 2.05) is 13.0 Å². The lowest BCUT2D eigenvalue weighted by Crippen LogP contribution is -2.49. The summed E-state index contributed by atoms with van der Waals surface area (Å²) in [7, 11) is -2.35. The summed E-state index contributed by atoms with van der Waals surface area (Å²) in [6.07, 6.45) is 1.43. The summed E-state index contributed by atoms with van der Waals surface area (Å²) < 4.78 is 35.2. The van der Waals surface area contributed by atoms with Crippen LogP contribution in [0.5, 0.6) is 5.75 Å². The number of nitrogens with zero attached hydrogens (tertiary/aromatic N) is 4. The third kappa shape index (κ3) is 5.18. The third-order valence-corrected chi connectivity index (χ3v) is 8.04. The van der Waals surface area contributed by atoms with Crippen molar-refractivity contribution in [3.05, 3.63) is 65.4 Å². The molecule has 1 aromatic heterocycles. The highest BCUT2D eigenvalue weighted by molar-refractivity contribution is 7.89. The van der Waals surface area contributed by atoms with Crippen LogP contribution < -0.4 is 15.0 Å². The molecule has 3 aromatic rings. The van der Waals surface area contributed by atoms with Gasteiger partial charge in [-0.25, -0.2) is 8.42 Å². The summed E-state index contributed by atoms with van der Waals surface area (Å²) in [5.41, 5.74) is 4.07. The largest absolute Gasteiger partial charge is 0.494 e. The van der Waals surface area contributed by atoms with Crippen LogP contribution in [-0.4, -0.2) is 61.2 Å². The van der Waals surface area contributed by atoms with Crippen molar-refractivity contribution in [2.75, 3.05) is 43.0 Å². The van der Waals surface area contributed by atoms with Gasteiger partial charge in [-0.05, 0) is 62.2 Å². The predicted octanol–water partition coefficient (Wildman–Crippen LogP) is 3.20. The van der Waals surface area contributed by atoms with Crippen molar-refractivity contribution in [3.63, 3.8) is 0 Å². The maximum atomic E-state index is 13.5. The number of rotatable bonds is 7. The first-order valence-corrected chi connectivity index (χ1v) is 13.0. The van der Waals surface area contributed by atoms with Crippen LogP contribution in [0, 0.1) is 13.8 Å². The van der Waals surface area contributed by atoms with E-state index >= 15 is 0 Å². The molecule has 1 saturated heterocycles. The zero-order valence-electron chi connectivity index (χ0n) is 20.5. The second-order valence-electron chi connectivity index (χ2n) is 8.54. The fraction of sp³-hybridized carbons (Fsp3) is 0.360. The molecule has 0 aliphatic carbocycles. The summed E-state index contributed by atoms with van der Waals surface area (Å²) in [6.45, 7) is 8.33. The Morgan fingerprint density at radius 2 is 1.74 bits per heavy atom. The Kier molecular flexibility index (Phi) is 7.13. The van der Waals surface area contributed by atoms with Crippen LogP contribution in [0.3, 0.4) is 0 Å². The van der Waals surface area contributed by atoms with Gasteiger partial charge in [0.1, 0.15) is 5.75 Å². The molecule has 0 atom stereocenters. The number of piperazine rings is 1. The topological polar surface area (TPSA) is 96.8 Å². The number of aryl methyl sites for hydroxylation is 2. The monoisotopic (exact) mass is 497 g/mol. The highest BCUT2D eigenvalue weighted by Crippen LogP contribution is 2.26. The quantitative estimate of drug-likeness (QED) is 0.539. The number of carbonyl (C=O) groups excluding carboxylic acids is 1. The van der Waals surface area contributed by atoms with Crippen LogP contribution in [0.15, 0.2) is 53.7 Å². The van der Waals surface area contributed by atoms with E-state index in [9.17, 15) is 13.2 Å². The van der Waals surface area contributed by atoms with E-state index in [1.165, 1.54) is 26.3 Å². The fourth-order valence-corrected chi connectivity index (χ4v) is 5.73. The zero-order chi connectivity index (χ0) is 25.2. The molecule has 4 rings (SSSR count). The summed E-state index contributed by atoms with van der Waals surface area (Å²) in [5, 5.41) is 6.68. The number of sulfonamides is 1. The first-order chi connectivity index (χ1) is 16.7. The average molecular weight is 498 g/mol. The third-order valence-electron chi connectivity index (χ3n) is 6.20. The molecule has 1 N–H and O–H groups in total. The number of carbonyl (C=O) groups is 1. The summed E-state index contributed by atoms with van der Waals surface area (Å²) in [4.78, 5) is 15.2. The van der Waals surface area contributed by atoms with E-state index in [0.29, 0.717) is 44.2 Å². The second-order valence-corrected chi connectivity index (χ2v) is 10.4. The Bertz CT molecular complexity index is 1310. The van der Waals surface area contributed by atoms with Gasteiger partial charge in [0.15, 0.2) is 0 Å². The van der Waals surface area contributed by atoms with E-state index in [0.717, 1.165) is 5.69 Å². The number of hydrogen-bond acceptors (Lipinski definition) is 6. The number of benzene rings is 2. The van der Waals surface area contributed by atoms with Gasteiger partial charge in [0.05, 0.1) is 12.2 Å². The summed E-state index contributed by atoms with van der Waals surface area (Å²) in [6, 6.07) is 13.1. The van der Waals surface area contributed by atoms with Crippen molar-refractivity contribution >= 4 is 27.3 Å². The minimum Gasteiger partial charge on any atom is -0.494 e. The molecule has 1 aliphatic rings. The molecule has 2 heterocycles. The Balaban J connectivity index is 1.50. The summed E-state index contributed by atoms with van der Waals surface area (Å²) >= 11 is 0. The predicted molar refractivity (Wildman–Crippen MR) is 136 cm³/mol. The summed E-state index contributed by atoms with van der Waals surface area (Å²) in [5.74, 6) is 0.157. The van der Waals surface area contributed by atoms with Crippen LogP contribution in [0.2, 0.25) is 0 Å². The van der Waals surface area contributed by atoms with Gasteiger partial charge in [-0.2, -0.15) is 9.40 Å². The van der Waals surface area contributed by atoms with Crippen molar-refractivity contribution in [1.82, 2.24) is 14.1 Å². The molecular formula is C25H31N5O4S. The molecule has 0 bridgehead atoms. The first-order valence-electron chi connectivity index (χ1n) is 11.6. The Morgan fingerprint density at radius 1 is 1.06 bits per heavy atom. The maximum absolute atomic E-state index is 13.5. The van der Waals surface area contributed by atoms with E-state index < -0.39 is 15.9 Å². The maximum Gasteiger partial charge on any atom is 0.263 e. The molecule has 0 unspecified atom stereocenters. The van der Waals surface area contributed by atoms with Crippen LogP contribution in [-0.2, 0) is 17.1 Å². The Labute approximate surface area is 206 Å². The first kappa shape index (κ1) is 24.7. The lowest BCUT2D eigenvalue weighted by atomic mass is 10.1. The molecule has 0 radical (unpaired) electrons. The normalized spacial score (nSPS) is 14.7. The van der Waals surface area contributed by atoms with Crippen molar-refractivity contribution in [1.29, 1.82) is 0 Å². The number of ether oxygens (including phenoxy) is 1. The smallest absolute Gasteiger partial charge is 0.263 e. The molecule has 0 saturated carbocycles. The van der Waals surface area contributed by atoms with Crippen molar-refractivity contribution < 1.29 is 17.9 Å². The lowest BCUT2D eigenvalue weighted by molar-refractivity contribution is 0.102. The van der Waals surface area contributed by atoms with Crippen LogP contribution in [0.4, 0.5) is 11.4 Å². The molecule has 2 aromatic carbocycles. The minimum atomic E-state index is -3.95. The SMILES string of the molecule is CCOc1ccc(NC(=O)c2cn(C)nc2S(=O)(=O)N2CCN(c3cccc(C)c3C)CC2)cc1. The van der Waals surface area contributed by atoms with Gasteiger partial charge in [-0.1, -0.05) is 12.1 Å². The number of amides is 1. The standard InChI is InChI=1S/C25H31N5O4S/c1-5-34-21-11-9-20(10-12-21)26-24(31)22-17-28(4)27-25(22)35(32,33)30-15-13-29(14-16-30)23-8-6-7-18(2)19(23)3/h6-12,17H,5,13-16H2,1-4H3,(H,26,31). The number of nitrogens with one attached hydrogen (secondary N) is 1. The van der Waals surface area contributed by atoms with E-state index in [1.54, 1.807) is 31.3 Å². The van der Waals surface area contributed by atoms with Crippen molar-refractivity contribution in [2.24, 2.45) is 7.05 Å². The lowest BCUT2D eigenvalue weighted by Gasteiger charge is -2.36. The van der Waals surface area contributed by atoms with Gasteiger partial charge in [-0.3, -0.25) is 9.48 Å². The minimum absolute atomic E-state index is 0.0124. The molecule has 10 heteroatoms. The number of aromatic nitrogens is 2. The van der Waals surface area contributed by atoms with E-state index in [2.05, 4.69) is 41.3 Å². The van der Waals surface area contributed by atoms with Crippen LogP contribution in [0.25, 0.3) is 0 Å². The molecule has 1 fully saturated rings. The molecule has 1 amide bonds. The van der Waals surface area contributed by atoms with Gasteiger partial charge in [0, 0.05) is 50.8 Å². The molecule has 35 heavy (non-hydrogen) atoms. The van der Waals surface area contributed by atoms with Gasteiger partial charge in [-0.15, -0.1) is 0 Å². The van der Waals surface area contributed by atoms with Crippen LogP contribution >= 0.6 is 0 Å². The van der Waals surface area contributed by atoms with Crippen molar-refractivity contribution in [2.45, 2.75) is 25.8 Å². The van der Waals surface area contributed by atoms with Gasteiger partial charge in [0.2, 0.25) is 5.03 Å². The van der Waals surface area contributed by atoms with Gasteiger partial charge >= 0.3 is 0 Å². The van der Waals surface area contributed by atoms with Gasteiger partial charge < -0.3 is 15.0 Å². The second kappa shape index (κ2) is 10.1. The van der Waals surface area contributed by atoms with E-state index in [4.69, 9.17) is 4.74 Å². The van der Waals surface area contributed by atoms with Gasteiger partial charge in [0.25, 0.3) is 15.9 Å². The molecule has 9 nitrogen and oxygen atoms in total. The Hall–Kier alpha value is -3.37. The highest BCUT2D eigenvalue weighted by atomic mass is 32.2. The zero-order valence-corrected chi connectivity index (χ0v) is 21.3. The highest BCUT2D eigenvalue weighted by Gasteiger charge is 2.34. The fourth-order valence-electron chi connectivity index (χ4n) is 4.18. The van der Waals surface area contributed by atoms with E-state index in [-0.39, 0.29) is 10.6 Å². The number of hydrogen-bond donors (Lipinski definition) is 1.